The van der Waals surface area contributed by atoms with E-state index in [1.54, 1.807) is 0 Å². The number of hydrogen-bond donors (Lipinski definition) is 1. The van der Waals surface area contributed by atoms with Gasteiger partial charge in [0, 0.05) is 6.54 Å². The van der Waals surface area contributed by atoms with Crippen LogP contribution in [0.5, 0.6) is 5.75 Å². The van der Waals surface area contributed by atoms with Crippen LogP contribution in [0.2, 0.25) is 0 Å². The van der Waals surface area contributed by atoms with Crippen molar-refractivity contribution >= 4 is 0 Å². The van der Waals surface area contributed by atoms with Crippen LogP contribution in [0.4, 0.5) is 0 Å². The summed E-state index contributed by atoms with van der Waals surface area (Å²) in [5.41, 5.74) is 7.27. The number of rotatable bonds is 7. The number of benzene rings is 1. The van der Waals surface area contributed by atoms with Gasteiger partial charge in [0.2, 0.25) is 0 Å². The van der Waals surface area contributed by atoms with Crippen molar-refractivity contribution in [3.63, 3.8) is 0 Å². The van der Waals surface area contributed by atoms with Gasteiger partial charge in [-0.25, -0.2) is 0 Å². The Morgan fingerprint density at radius 1 is 1.32 bits per heavy atom. The first kappa shape index (κ1) is 14.4. The van der Waals surface area contributed by atoms with E-state index in [9.17, 15) is 0 Å². The highest BCUT2D eigenvalue weighted by atomic mass is 16.5. The average Bonchev–Trinajstić information content (AvgIpc) is 2.92. The maximum atomic E-state index is 5.94. The van der Waals surface area contributed by atoms with Gasteiger partial charge in [0.25, 0.3) is 0 Å². The molecule has 2 N–H and O–H groups in total. The maximum absolute atomic E-state index is 5.94. The Morgan fingerprint density at radius 3 is 2.79 bits per heavy atom. The minimum Gasteiger partial charge on any atom is -0.494 e. The third-order valence-corrected chi connectivity index (χ3v) is 3.78. The molecule has 3 heteroatoms. The molecule has 0 amide bonds. The van der Waals surface area contributed by atoms with Gasteiger partial charge in [-0.3, -0.25) is 0 Å². The molecule has 2 rings (SSSR count). The second-order valence-electron chi connectivity index (χ2n) is 5.39. The van der Waals surface area contributed by atoms with Gasteiger partial charge in [0.1, 0.15) is 5.75 Å². The molecule has 1 aromatic rings. The molecule has 0 aromatic heterocycles. The minimum atomic E-state index is 0.551. The summed E-state index contributed by atoms with van der Waals surface area (Å²) in [7, 11) is 0. The molecule has 1 heterocycles. The van der Waals surface area contributed by atoms with Gasteiger partial charge >= 0.3 is 0 Å². The van der Waals surface area contributed by atoms with Crippen LogP contribution in [0, 0.1) is 5.92 Å². The van der Waals surface area contributed by atoms with E-state index in [0.717, 1.165) is 31.9 Å². The Kier molecular flexibility index (Phi) is 5.67. The summed E-state index contributed by atoms with van der Waals surface area (Å²) in [5.74, 6) is 1.52. The number of nitrogens with two attached hydrogens (primary N) is 1. The van der Waals surface area contributed by atoms with Gasteiger partial charge in [-0.05, 0) is 69.4 Å². The lowest BCUT2D eigenvalue weighted by atomic mass is 9.98. The molecule has 106 valence electrons. The van der Waals surface area contributed by atoms with E-state index < -0.39 is 0 Å². The van der Waals surface area contributed by atoms with Crippen molar-refractivity contribution in [1.82, 2.24) is 4.90 Å². The quantitative estimate of drug-likeness (QED) is 0.819. The molecule has 1 atom stereocenters. The van der Waals surface area contributed by atoms with Crippen molar-refractivity contribution in [3.05, 3.63) is 29.8 Å². The van der Waals surface area contributed by atoms with Crippen LogP contribution in [-0.2, 0) is 6.42 Å². The van der Waals surface area contributed by atoms with Gasteiger partial charge in [0.05, 0.1) is 6.61 Å². The van der Waals surface area contributed by atoms with Crippen molar-refractivity contribution in [2.75, 3.05) is 32.8 Å². The molecule has 0 bridgehead atoms. The Hall–Kier alpha value is -1.06. The first-order chi connectivity index (χ1) is 9.31. The highest BCUT2D eigenvalue weighted by molar-refractivity contribution is 5.28. The lowest BCUT2D eigenvalue weighted by molar-refractivity contribution is 0.279. The van der Waals surface area contributed by atoms with E-state index in [2.05, 4.69) is 23.1 Å². The van der Waals surface area contributed by atoms with Crippen LogP contribution in [-0.4, -0.2) is 37.7 Å². The zero-order valence-corrected chi connectivity index (χ0v) is 12.0. The van der Waals surface area contributed by atoms with Gasteiger partial charge in [-0.15, -0.1) is 0 Å². The maximum Gasteiger partial charge on any atom is 0.119 e. The second-order valence-corrected chi connectivity index (χ2v) is 5.39. The molecule has 0 aliphatic carbocycles. The molecule has 3 nitrogen and oxygen atoms in total. The van der Waals surface area contributed by atoms with Crippen LogP contribution in [0.3, 0.4) is 0 Å². The molecule has 1 unspecified atom stereocenters. The Morgan fingerprint density at radius 2 is 2.11 bits per heavy atom. The third kappa shape index (κ3) is 4.51. The van der Waals surface area contributed by atoms with Crippen LogP contribution >= 0.6 is 0 Å². The van der Waals surface area contributed by atoms with Crippen molar-refractivity contribution in [2.45, 2.75) is 26.2 Å². The van der Waals surface area contributed by atoms with Gasteiger partial charge < -0.3 is 15.4 Å². The van der Waals surface area contributed by atoms with Crippen molar-refractivity contribution in [2.24, 2.45) is 11.7 Å². The molecule has 0 radical (unpaired) electrons. The number of nitrogens with zero attached hydrogens (tertiary/aromatic N) is 1. The largest absolute Gasteiger partial charge is 0.494 e. The van der Waals surface area contributed by atoms with Crippen LogP contribution in [0.15, 0.2) is 24.3 Å². The normalized spacial score (nSPS) is 17.6. The molecule has 19 heavy (non-hydrogen) atoms. The summed E-state index contributed by atoms with van der Waals surface area (Å²) in [5, 5.41) is 0. The lowest BCUT2D eigenvalue weighted by Crippen LogP contribution is -2.32. The summed E-state index contributed by atoms with van der Waals surface area (Å²) in [6.07, 6.45) is 3.74. The highest BCUT2D eigenvalue weighted by Gasteiger charge is 2.17. The van der Waals surface area contributed by atoms with E-state index >= 15 is 0 Å². The summed E-state index contributed by atoms with van der Waals surface area (Å²) < 4.78 is 5.55. The summed E-state index contributed by atoms with van der Waals surface area (Å²) in [6.45, 7) is 7.12. The van der Waals surface area contributed by atoms with Gasteiger partial charge in [-0.2, -0.15) is 0 Å². The Bertz CT molecular complexity index is 375. The van der Waals surface area contributed by atoms with E-state index in [1.807, 2.05) is 13.0 Å². The van der Waals surface area contributed by atoms with E-state index in [0.29, 0.717) is 5.92 Å². The zero-order valence-electron chi connectivity index (χ0n) is 12.0. The van der Waals surface area contributed by atoms with Crippen molar-refractivity contribution in [1.29, 1.82) is 0 Å². The predicted octanol–water partition coefficient (Wildman–Crippen LogP) is 2.30. The first-order valence-electron chi connectivity index (χ1n) is 7.46. The SMILES string of the molecule is CCOc1cccc(CC(CN)CN2CCCC2)c1. The Labute approximate surface area is 116 Å². The van der Waals surface area contributed by atoms with Crippen LogP contribution in [0.25, 0.3) is 0 Å². The second kappa shape index (κ2) is 7.51. The average molecular weight is 262 g/mol. The van der Waals surface area contributed by atoms with Crippen molar-refractivity contribution in [3.8, 4) is 5.75 Å². The molecular formula is C16H26N2O. The lowest BCUT2D eigenvalue weighted by Gasteiger charge is -2.22. The summed E-state index contributed by atoms with van der Waals surface area (Å²) in [4.78, 5) is 2.55. The third-order valence-electron chi connectivity index (χ3n) is 3.78. The molecule has 1 aliphatic heterocycles. The molecule has 0 saturated carbocycles. The van der Waals surface area contributed by atoms with Crippen LogP contribution in [0.1, 0.15) is 25.3 Å². The topological polar surface area (TPSA) is 38.5 Å². The molecular weight excluding hydrogens is 236 g/mol. The summed E-state index contributed by atoms with van der Waals surface area (Å²) >= 11 is 0. The Balaban J connectivity index is 1.91. The molecule has 1 aromatic carbocycles. The fourth-order valence-corrected chi connectivity index (χ4v) is 2.82. The molecule has 1 fully saturated rings. The first-order valence-corrected chi connectivity index (χ1v) is 7.46. The number of ether oxygens (including phenoxy) is 1. The van der Waals surface area contributed by atoms with Gasteiger partial charge in [0.15, 0.2) is 0 Å². The molecule has 0 spiro atoms. The fourth-order valence-electron chi connectivity index (χ4n) is 2.82. The van der Waals surface area contributed by atoms with E-state index in [-0.39, 0.29) is 0 Å². The standard InChI is InChI=1S/C16H26N2O/c1-2-19-16-7-5-6-14(11-16)10-15(12-17)13-18-8-3-4-9-18/h5-7,11,15H,2-4,8-10,12-13,17H2,1H3. The molecule has 1 saturated heterocycles. The van der Waals surface area contributed by atoms with E-state index in [1.165, 1.54) is 31.5 Å². The summed E-state index contributed by atoms with van der Waals surface area (Å²) in [6, 6.07) is 8.42. The highest BCUT2D eigenvalue weighted by Crippen LogP contribution is 2.18. The number of likely N-dealkylation sites (tertiary alicyclic amines) is 1. The van der Waals surface area contributed by atoms with Crippen molar-refractivity contribution < 1.29 is 4.74 Å². The van der Waals surface area contributed by atoms with E-state index in [4.69, 9.17) is 10.5 Å². The smallest absolute Gasteiger partial charge is 0.119 e. The number of hydrogen-bond acceptors (Lipinski definition) is 3. The monoisotopic (exact) mass is 262 g/mol. The zero-order chi connectivity index (χ0) is 13.5. The fraction of sp³-hybridized carbons (Fsp3) is 0.625. The van der Waals surface area contributed by atoms with Crippen LogP contribution < -0.4 is 10.5 Å². The molecule has 1 aliphatic rings. The predicted molar refractivity (Wildman–Crippen MR) is 79.5 cm³/mol. The minimum absolute atomic E-state index is 0.551. The van der Waals surface area contributed by atoms with Gasteiger partial charge in [-0.1, -0.05) is 12.1 Å².